The summed E-state index contributed by atoms with van der Waals surface area (Å²) in [4.78, 5) is 0. The first-order valence-electron chi connectivity index (χ1n) is 8.56. The molecule has 0 saturated heterocycles. The summed E-state index contributed by atoms with van der Waals surface area (Å²) in [5, 5.41) is 0. The maximum Gasteiger partial charge on any atom is -0.0385 e. The van der Waals surface area contributed by atoms with E-state index in [-0.39, 0.29) is 0 Å². The molecule has 0 N–H and O–H groups in total. The Balaban J connectivity index is -0.0000000862. The minimum absolute atomic E-state index is 0.500. The van der Waals surface area contributed by atoms with Gasteiger partial charge in [-0.25, -0.2) is 0 Å². The maximum absolute atomic E-state index is 2.24. The zero-order valence-corrected chi connectivity index (χ0v) is 17.6. The fourth-order valence-corrected chi connectivity index (χ4v) is 0. The third kappa shape index (κ3) is 208. The topological polar surface area (TPSA) is 0 Å². The molecule has 0 rings (SSSR count). The Morgan fingerprint density at radius 3 is 0.750 bits per heavy atom. The van der Waals surface area contributed by atoms with Crippen molar-refractivity contribution in [3.8, 4) is 0 Å². The Hall–Kier alpha value is 0. The highest BCUT2D eigenvalue weighted by molar-refractivity contribution is 4.55. The van der Waals surface area contributed by atoms with Gasteiger partial charge in [0.15, 0.2) is 0 Å². The van der Waals surface area contributed by atoms with Crippen LogP contribution in [0.1, 0.15) is 110 Å². The van der Waals surface area contributed by atoms with E-state index in [9.17, 15) is 0 Å². The maximum atomic E-state index is 2.24. The number of hydrogen-bond donors (Lipinski definition) is 0. The predicted octanol–water partition coefficient (Wildman–Crippen LogP) is 8.21. The van der Waals surface area contributed by atoms with Gasteiger partial charge in [0.25, 0.3) is 0 Å². The third-order valence-electron chi connectivity index (χ3n) is 1.88. The fourth-order valence-electron chi connectivity index (χ4n) is 0. The summed E-state index contributed by atoms with van der Waals surface area (Å²) >= 11 is 0. The molecule has 0 atom stereocenters. The smallest absolute Gasteiger partial charge is 0.0385 e. The van der Waals surface area contributed by atoms with Crippen LogP contribution in [-0.2, 0) is 0 Å². The highest BCUT2D eigenvalue weighted by atomic mass is 14.1. The second-order valence-corrected chi connectivity index (χ2v) is 9.45. The van der Waals surface area contributed by atoms with Crippen LogP contribution in [0.2, 0.25) is 0 Å². The summed E-state index contributed by atoms with van der Waals surface area (Å²) in [6.07, 6.45) is 2.58. The van der Waals surface area contributed by atoms with Gasteiger partial charge in [-0.2, -0.15) is 0 Å². The van der Waals surface area contributed by atoms with E-state index < -0.39 is 0 Å². The number of hydrogen-bond acceptors (Lipinski definition) is 0. The van der Waals surface area contributed by atoms with Gasteiger partial charge in [-0.05, 0) is 22.7 Å². The molecule has 0 aromatic rings. The Morgan fingerprint density at radius 2 is 0.750 bits per heavy atom. The highest BCUT2D eigenvalue weighted by Gasteiger charge is 2.03. The average Bonchev–Trinajstić information content (AvgIpc) is 2.14. The molecule has 0 fully saturated rings. The lowest BCUT2D eigenvalue weighted by atomic mass is 9.94. The van der Waals surface area contributed by atoms with Crippen molar-refractivity contribution in [3.63, 3.8) is 0 Å². The van der Waals surface area contributed by atoms with Crippen LogP contribution in [0.5, 0.6) is 0 Å². The van der Waals surface area contributed by atoms with E-state index in [1.54, 1.807) is 0 Å². The zero-order chi connectivity index (χ0) is 17.6. The Kier molecular flexibility index (Phi) is 21.7. The van der Waals surface area contributed by atoms with Gasteiger partial charge in [0, 0.05) is 0 Å². The van der Waals surface area contributed by atoms with Crippen LogP contribution in [0, 0.1) is 22.7 Å². The molecule has 128 valence electrons. The first-order valence-corrected chi connectivity index (χ1v) is 8.56. The van der Waals surface area contributed by atoms with Crippen LogP contribution in [0.3, 0.4) is 0 Å². The van der Waals surface area contributed by atoms with Gasteiger partial charge >= 0.3 is 0 Å². The van der Waals surface area contributed by atoms with Crippen molar-refractivity contribution in [2.45, 2.75) is 110 Å². The van der Waals surface area contributed by atoms with Gasteiger partial charge < -0.3 is 0 Å². The van der Waals surface area contributed by atoms with E-state index in [0.29, 0.717) is 10.8 Å². The second-order valence-electron chi connectivity index (χ2n) is 9.45. The quantitative estimate of drug-likeness (QED) is 0.456. The van der Waals surface area contributed by atoms with Gasteiger partial charge in [-0.15, -0.1) is 0 Å². The van der Waals surface area contributed by atoms with Crippen molar-refractivity contribution >= 4 is 0 Å². The molecule has 0 saturated carbocycles. The summed E-state index contributed by atoms with van der Waals surface area (Å²) in [6.45, 7) is 30.8. The van der Waals surface area contributed by atoms with Gasteiger partial charge in [0.05, 0.1) is 0 Å². The molecule has 0 aliphatic rings. The molecule has 0 aromatic heterocycles. The van der Waals surface area contributed by atoms with Crippen LogP contribution >= 0.6 is 0 Å². The van der Waals surface area contributed by atoms with Gasteiger partial charge in [0.1, 0.15) is 0 Å². The molecule has 0 aromatic carbocycles. The van der Waals surface area contributed by atoms with Crippen molar-refractivity contribution in [2.24, 2.45) is 22.7 Å². The second kappa shape index (κ2) is 15.4. The molecule has 0 spiro atoms. The summed E-state index contributed by atoms with van der Waals surface area (Å²) < 4.78 is 0. The summed E-state index contributed by atoms with van der Waals surface area (Å²) in [5.74, 6) is 1.72. The normalized spacial score (nSPS) is 10.8. The summed E-state index contributed by atoms with van der Waals surface area (Å²) in [5.41, 5.74) is 1.04. The van der Waals surface area contributed by atoms with Crippen molar-refractivity contribution in [3.05, 3.63) is 0 Å². The highest BCUT2D eigenvalue weighted by Crippen LogP contribution is 2.16. The molecular weight excluding hydrogens is 240 g/mol. The van der Waals surface area contributed by atoms with E-state index in [0.717, 1.165) is 11.8 Å². The predicted molar refractivity (Wildman–Crippen MR) is 101 cm³/mol. The Bertz CT molecular complexity index is 141. The Labute approximate surface area is 133 Å². The summed E-state index contributed by atoms with van der Waals surface area (Å²) in [7, 11) is 0. The molecule has 0 aliphatic heterocycles. The molecule has 0 amide bonds. The van der Waals surface area contributed by atoms with E-state index in [1.165, 1.54) is 12.8 Å². The molecule has 20 heavy (non-hydrogen) atoms. The van der Waals surface area contributed by atoms with Crippen LogP contribution in [-0.4, -0.2) is 0 Å². The SMILES string of the molecule is CC(C)(C)C.CC(C)C.CCC(C)(C)C.CCC(C)C. The van der Waals surface area contributed by atoms with Crippen molar-refractivity contribution < 1.29 is 0 Å². The minimum atomic E-state index is 0.500. The van der Waals surface area contributed by atoms with Crippen molar-refractivity contribution in [2.75, 3.05) is 0 Å². The van der Waals surface area contributed by atoms with Gasteiger partial charge in [0.2, 0.25) is 0 Å². The molecule has 0 heterocycles. The minimum Gasteiger partial charge on any atom is -0.0651 e. The molecular formula is C20H48. The molecule has 0 nitrogen and oxygen atoms in total. The van der Waals surface area contributed by atoms with Crippen molar-refractivity contribution in [1.82, 2.24) is 0 Å². The molecule has 0 unspecified atom stereocenters. The van der Waals surface area contributed by atoms with E-state index in [1.807, 2.05) is 0 Å². The lowest BCUT2D eigenvalue weighted by Crippen LogP contribution is -2.00. The van der Waals surface area contributed by atoms with E-state index in [4.69, 9.17) is 0 Å². The van der Waals surface area contributed by atoms with Crippen LogP contribution in [0.15, 0.2) is 0 Å². The van der Waals surface area contributed by atoms with Gasteiger partial charge in [-0.3, -0.25) is 0 Å². The van der Waals surface area contributed by atoms with Crippen LogP contribution in [0.25, 0.3) is 0 Å². The molecule has 0 aliphatic carbocycles. The molecule has 0 radical (unpaired) electrons. The van der Waals surface area contributed by atoms with E-state index >= 15 is 0 Å². The average molecular weight is 289 g/mol. The largest absolute Gasteiger partial charge is 0.0651 e. The van der Waals surface area contributed by atoms with Crippen LogP contribution in [0.4, 0.5) is 0 Å². The Morgan fingerprint density at radius 1 is 0.650 bits per heavy atom. The summed E-state index contributed by atoms with van der Waals surface area (Å²) in [6, 6.07) is 0. The lowest BCUT2D eigenvalue weighted by molar-refractivity contribution is 0.398. The standard InChI is InChI=1S/C6H14.2C5H12.C4H10/c1-5-6(2,3)4;1-5(2,3)4;1-4-5(2)3;1-4(2)3/h5H2,1-4H3;1-4H3;5H,4H2,1-3H3;4H,1-3H3. The van der Waals surface area contributed by atoms with Crippen molar-refractivity contribution in [1.29, 1.82) is 0 Å². The first-order chi connectivity index (χ1) is 8.56. The third-order valence-corrected chi connectivity index (χ3v) is 1.88. The first kappa shape index (κ1) is 28.2. The van der Waals surface area contributed by atoms with E-state index in [2.05, 4.69) is 96.9 Å². The number of rotatable bonds is 1. The fraction of sp³-hybridized carbons (Fsp3) is 1.00. The van der Waals surface area contributed by atoms with Gasteiger partial charge in [-0.1, -0.05) is 110 Å². The van der Waals surface area contributed by atoms with Crippen LogP contribution < -0.4 is 0 Å². The molecule has 0 bridgehead atoms. The lowest BCUT2D eigenvalue weighted by Gasteiger charge is -2.12. The molecule has 0 heteroatoms. The zero-order valence-electron chi connectivity index (χ0n) is 17.6. The monoisotopic (exact) mass is 288 g/mol.